The van der Waals surface area contributed by atoms with Crippen LogP contribution in [-0.2, 0) is 22.4 Å². The molecule has 3 rings (SSSR count). The highest BCUT2D eigenvalue weighted by atomic mass is 35.5. The van der Waals surface area contributed by atoms with E-state index >= 15 is 0 Å². The molecule has 0 radical (unpaired) electrons. The summed E-state index contributed by atoms with van der Waals surface area (Å²) in [4.78, 5) is 35.8. The van der Waals surface area contributed by atoms with Crippen molar-refractivity contribution in [1.82, 2.24) is 9.97 Å². The second-order valence-corrected chi connectivity index (χ2v) is 8.04. The SMILES string of the molecule is CN(C)c1nc(Cc2ccc(N(C)C(=O)C=Cc3ccccc3)cc2)nc(Cl)c1CC(=O)O. The lowest BCUT2D eigenvalue weighted by Crippen LogP contribution is -2.23. The number of amides is 1. The second-order valence-electron chi connectivity index (χ2n) is 7.68. The molecule has 7 nitrogen and oxygen atoms in total. The Hall–Kier alpha value is -3.71. The lowest BCUT2D eigenvalue weighted by atomic mass is 10.1. The van der Waals surface area contributed by atoms with Crippen LogP contribution in [0.2, 0.25) is 5.15 Å². The molecule has 33 heavy (non-hydrogen) atoms. The predicted molar refractivity (Wildman–Crippen MR) is 131 cm³/mol. The molecule has 1 N–H and O–H groups in total. The molecule has 0 atom stereocenters. The van der Waals surface area contributed by atoms with Gasteiger partial charge in [0.05, 0.1) is 6.42 Å². The molecule has 0 aliphatic heterocycles. The average molecular weight is 465 g/mol. The zero-order valence-corrected chi connectivity index (χ0v) is 19.5. The first-order valence-electron chi connectivity index (χ1n) is 10.3. The highest BCUT2D eigenvalue weighted by Crippen LogP contribution is 2.25. The van der Waals surface area contributed by atoms with Crippen LogP contribution in [0.1, 0.15) is 22.5 Å². The van der Waals surface area contributed by atoms with Gasteiger partial charge in [0.25, 0.3) is 5.91 Å². The van der Waals surface area contributed by atoms with E-state index in [-0.39, 0.29) is 17.5 Å². The molecule has 0 aliphatic carbocycles. The van der Waals surface area contributed by atoms with Crippen LogP contribution in [0, 0.1) is 0 Å². The van der Waals surface area contributed by atoms with Gasteiger partial charge in [-0.3, -0.25) is 9.59 Å². The number of carboxylic acid groups (broad SMARTS) is 1. The van der Waals surface area contributed by atoms with Gasteiger partial charge in [0, 0.05) is 44.9 Å². The Morgan fingerprint density at radius 3 is 2.27 bits per heavy atom. The summed E-state index contributed by atoms with van der Waals surface area (Å²) in [6.45, 7) is 0. The fraction of sp³-hybridized carbons (Fsp3) is 0.200. The van der Waals surface area contributed by atoms with E-state index in [0.29, 0.717) is 23.6 Å². The average Bonchev–Trinajstić information content (AvgIpc) is 2.79. The van der Waals surface area contributed by atoms with Gasteiger partial charge >= 0.3 is 5.97 Å². The van der Waals surface area contributed by atoms with Crippen molar-refractivity contribution >= 4 is 41.1 Å². The fourth-order valence-electron chi connectivity index (χ4n) is 3.23. The number of anilines is 2. The summed E-state index contributed by atoms with van der Waals surface area (Å²) in [6.07, 6.45) is 3.49. The number of aliphatic carboxylic acids is 1. The molecule has 0 saturated heterocycles. The number of nitrogens with zero attached hydrogens (tertiary/aromatic N) is 4. The largest absolute Gasteiger partial charge is 0.481 e. The van der Waals surface area contributed by atoms with Crippen LogP contribution < -0.4 is 9.80 Å². The van der Waals surface area contributed by atoms with Gasteiger partial charge < -0.3 is 14.9 Å². The van der Waals surface area contributed by atoms with Gasteiger partial charge in [0.15, 0.2) is 0 Å². The highest BCUT2D eigenvalue weighted by Gasteiger charge is 2.18. The number of hydrogen-bond acceptors (Lipinski definition) is 5. The lowest BCUT2D eigenvalue weighted by Gasteiger charge is -2.18. The molecular weight excluding hydrogens is 440 g/mol. The quantitative estimate of drug-likeness (QED) is 0.399. The maximum absolute atomic E-state index is 12.5. The third-order valence-corrected chi connectivity index (χ3v) is 5.28. The first kappa shape index (κ1) is 23.9. The van der Waals surface area contributed by atoms with Crippen molar-refractivity contribution in [3.63, 3.8) is 0 Å². The molecule has 1 amide bonds. The van der Waals surface area contributed by atoms with E-state index < -0.39 is 5.97 Å². The Bertz CT molecular complexity index is 1160. The molecule has 0 aliphatic rings. The number of likely N-dealkylation sites (N-methyl/N-ethyl adjacent to an activating group) is 1. The molecule has 1 heterocycles. The minimum atomic E-state index is -0.996. The van der Waals surface area contributed by atoms with Crippen molar-refractivity contribution in [2.24, 2.45) is 0 Å². The van der Waals surface area contributed by atoms with Crippen LogP contribution in [0.5, 0.6) is 0 Å². The Balaban J connectivity index is 1.73. The summed E-state index contributed by atoms with van der Waals surface area (Å²) < 4.78 is 0. The smallest absolute Gasteiger partial charge is 0.308 e. The number of aromatic nitrogens is 2. The number of hydrogen-bond donors (Lipinski definition) is 1. The number of carbonyl (C=O) groups is 2. The van der Waals surface area contributed by atoms with Gasteiger partial charge in [-0.05, 0) is 29.3 Å². The van der Waals surface area contributed by atoms with Gasteiger partial charge in [0.2, 0.25) is 0 Å². The van der Waals surface area contributed by atoms with E-state index in [2.05, 4.69) is 9.97 Å². The molecule has 0 spiro atoms. The minimum Gasteiger partial charge on any atom is -0.481 e. The van der Waals surface area contributed by atoms with Crippen molar-refractivity contribution in [3.05, 3.63) is 88.3 Å². The molecular formula is C25H25ClN4O3. The van der Waals surface area contributed by atoms with Crippen LogP contribution >= 0.6 is 11.6 Å². The molecule has 3 aromatic rings. The first-order chi connectivity index (χ1) is 15.7. The Kier molecular flexibility index (Phi) is 7.79. The third-order valence-electron chi connectivity index (χ3n) is 4.97. The first-order valence-corrected chi connectivity index (χ1v) is 10.7. The summed E-state index contributed by atoms with van der Waals surface area (Å²) >= 11 is 6.27. The Morgan fingerprint density at radius 1 is 1.00 bits per heavy atom. The van der Waals surface area contributed by atoms with Gasteiger partial charge in [-0.25, -0.2) is 9.97 Å². The van der Waals surface area contributed by atoms with Gasteiger partial charge in [-0.2, -0.15) is 0 Å². The number of rotatable bonds is 8. The van der Waals surface area contributed by atoms with Gasteiger partial charge in [-0.15, -0.1) is 0 Å². The number of halogens is 1. The van der Waals surface area contributed by atoms with E-state index in [0.717, 1.165) is 16.8 Å². The van der Waals surface area contributed by atoms with Crippen LogP contribution in [0.25, 0.3) is 6.08 Å². The standard InChI is InChI=1S/C25H25ClN4O3/c1-29(2)25-20(16-23(32)33)24(26)27-21(28-25)15-18-9-12-19(13-10-18)30(3)22(31)14-11-17-7-5-4-6-8-17/h4-14H,15-16H2,1-3H3,(H,32,33). The maximum atomic E-state index is 12.5. The topological polar surface area (TPSA) is 86.6 Å². The monoisotopic (exact) mass is 464 g/mol. The number of benzene rings is 2. The zero-order chi connectivity index (χ0) is 24.0. The van der Waals surface area contributed by atoms with Crippen LogP contribution in [0.15, 0.2) is 60.7 Å². The van der Waals surface area contributed by atoms with E-state index in [1.54, 1.807) is 43.1 Å². The normalized spacial score (nSPS) is 10.9. The van der Waals surface area contributed by atoms with Crippen molar-refractivity contribution in [3.8, 4) is 0 Å². The van der Waals surface area contributed by atoms with E-state index in [1.165, 1.54) is 0 Å². The van der Waals surface area contributed by atoms with E-state index in [1.807, 2.05) is 54.6 Å². The second kappa shape index (κ2) is 10.7. The van der Waals surface area contributed by atoms with Crippen LogP contribution in [0.3, 0.4) is 0 Å². The molecule has 170 valence electrons. The van der Waals surface area contributed by atoms with Crippen molar-refractivity contribution in [1.29, 1.82) is 0 Å². The summed E-state index contributed by atoms with van der Waals surface area (Å²) in [5.41, 5.74) is 3.04. The van der Waals surface area contributed by atoms with E-state index in [4.69, 9.17) is 16.7 Å². The van der Waals surface area contributed by atoms with Crippen LogP contribution in [0.4, 0.5) is 11.5 Å². The number of carboxylic acids is 1. The molecule has 0 bridgehead atoms. The molecule has 0 saturated carbocycles. The Morgan fingerprint density at radius 2 is 1.67 bits per heavy atom. The zero-order valence-electron chi connectivity index (χ0n) is 18.7. The summed E-state index contributed by atoms with van der Waals surface area (Å²) in [5.74, 6) is -0.157. The molecule has 0 unspecified atom stereocenters. The Labute approximate surface area is 198 Å². The van der Waals surface area contributed by atoms with Gasteiger partial charge in [0.1, 0.15) is 16.8 Å². The number of carbonyl (C=O) groups excluding carboxylic acids is 1. The molecule has 0 fully saturated rings. The summed E-state index contributed by atoms with van der Waals surface area (Å²) in [7, 11) is 5.28. The maximum Gasteiger partial charge on any atom is 0.308 e. The fourth-order valence-corrected chi connectivity index (χ4v) is 3.48. The van der Waals surface area contributed by atoms with Crippen molar-refractivity contribution in [2.75, 3.05) is 30.9 Å². The predicted octanol–water partition coefficient (Wildman–Crippen LogP) is 4.09. The summed E-state index contributed by atoms with van der Waals surface area (Å²) in [5, 5.41) is 9.28. The van der Waals surface area contributed by atoms with E-state index in [9.17, 15) is 9.59 Å². The van der Waals surface area contributed by atoms with Crippen molar-refractivity contribution < 1.29 is 14.7 Å². The molecule has 1 aromatic heterocycles. The lowest BCUT2D eigenvalue weighted by molar-refractivity contribution is -0.136. The molecule has 8 heteroatoms. The third kappa shape index (κ3) is 6.40. The molecule has 2 aromatic carbocycles. The van der Waals surface area contributed by atoms with Crippen LogP contribution in [-0.4, -0.2) is 48.1 Å². The van der Waals surface area contributed by atoms with Crippen molar-refractivity contribution in [2.45, 2.75) is 12.8 Å². The highest BCUT2D eigenvalue weighted by molar-refractivity contribution is 6.30. The minimum absolute atomic E-state index is 0.133. The van der Waals surface area contributed by atoms with Gasteiger partial charge in [-0.1, -0.05) is 54.1 Å². The summed E-state index contributed by atoms with van der Waals surface area (Å²) in [6, 6.07) is 17.2.